The van der Waals surface area contributed by atoms with E-state index in [0.717, 1.165) is 32.7 Å². The fourth-order valence-corrected chi connectivity index (χ4v) is 14.4. The maximum Gasteiger partial charge on any atom is 0.256 e. The van der Waals surface area contributed by atoms with Gasteiger partial charge in [-0.2, -0.15) is 0 Å². The smallest absolute Gasteiger partial charge is 0.256 e. The van der Waals surface area contributed by atoms with Crippen LogP contribution in [0.4, 0.5) is 0 Å². The van der Waals surface area contributed by atoms with Crippen molar-refractivity contribution in [3.8, 4) is 0 Å². The molecule has 2 heterocycles. The first kappa shape index (κ1) is 86.8. The van der Waals surface area contributed by atoms with Gasteiger partial charge in [0.25, 0.3) is 5.91 Å². The molecule has 2 aliphatic rings. The zero-order valence-electron chi connectivity index (χ0n) is 63.8. The molecule has 0 bridgehead atoms. The van der Waals surface area contributed by atoms with Crippen LogP contribution in [0.1, 0.15) is 182 Å². The minimum absolute atomic E-state index is 0.0763. The third-order valence-corrected chi connectivity index (χ3v) is 21.0. The molecule has 0 radical (unpaired) electrons. The van der Waals surface area contributed by atoms with Gasteiger partial charge in [-0.1, -0.05) is 116 Å². The Bertz CT molecular complexity index is 2610. The van der Waals surface area contributed by atoms with Crippen LogP contribution in [-0.4, -0.2) is 262 Å². The monoisotopic (exact) mass is 1370 g/mol. The maximum atomic E-state index is 15.5. The number of Topliss-reactive ketones (excluding diaryl/α,β-unsaturated/α-hetero) is 3. The number of nitrogens with one attached hydrogen (secondary N) is 1. The Kier molecular flexibility index (Phi) is 36.8. The number of thioether (sulfide) groups is 1. The van der Waals surface area contributed by atoms with E-state index in [1.165, 1.54) is 88.2 Å². The van der Waals surface area contributed by atoms with Crippen LogP contribution in [-0.2, 0) is 52.7 Å². The standard InChI is InChI=1S/C73H130N10O12S/c1-26-28-30-50(15)64(87)63-61(86)42-53(27-2)67(90)82(25)73(96-36-29-31-83-34-32-75(18)33-35-83)72(95)77(20)56(38-45(5)6)60(85)43-54(48(11)12)68(91)76(19)55(37-44(3)4)59(84)41-51(16)65(88)74-52(17)66(89)78(21)57(39-46(7)8)69(92)79(22)58(40-47(9)10)70(93)80(23)62(49(13)14)71(94)81(63)24/h26,28,44-58,62-64,73,87H,27,29-43H2,1-25H3,(H,74,88)/b28-26+/t50-,51+,52+,53+,54-,55-,56+,57-,58+,62-,63+,64-,73-/m1/s1. The van der Waals surface area contributed by atoms with Gasteiger partial charge in [-0.25, -0.2) is 0 Å². The normalized spacial score (nSPS) is 27.6. The van der Waals surface area contributed by atoms with Crippen molar-refractivity contribution in [2.24, 2.45) is 59.2 Å². The van der Waals surface area contributed by atoms with Gasteiger partial charge in [0.05, 0.1) is 18.2 Å². The Morgan fingerprint density at radius 3 is 1.42 bits per heavy atom. The van der Waals surface area contributed by atoms with E-state index in [4.69, 9.17) is 0 Å². The molecule has 2 aliphatic heterocycles. The lowest BCUT2D eigenvalue weighted by molar-refractivity contribution is -0.157. The molecule has 96 heavy (non-hydrogen) atoms. The number of carbonyl (C=O) groups excluding carboxylic acids is 11. The SMILES string of the molecule is C/C=C/C[C@@H](C)[C@@H](O)[C@@H]1C(=O)C[C@H](CC)C(=O)N(C)[C@H](SCCCN2CCN(C)CC2)C(=O)N(C)[C@@H](CC(C)C)C(=O)C[C@H](C(C)C)C(=O)N(C)[C@H](CC(C)C)C(=O)C[C@H](C)C(=O)N[C@@H](C)C(=O)N(C)[C@H](CC(C)C)C(=O)N(C)[C@@H](CC(C)C)C(=O)N(C)[C@H](C(C)C)C(=O)N1C. The van der Waals surface area contributed by atoms with Crippen molar-refractivity contribution < 1.29 is 57.8 Å². The van der Waals surface area contributed by atoms with E-state index in [1.54, 1.807) is 48.7 Å². The molecule has 0 aromatic carbocycles. The molecule has 23 heteroatoms. The zero-order valence-corrected chi connectivity index (χ0v) is 64.6. The van der Waals surface area contributed by atoms with Crippen LogP contribution in [0, 0.1) is 59.2 Å². The number of aliphatic hydroxyl groups excluding tert-OH is 1. The largest absolute Gasteiger partial charge is 0.390 e. The van der Waals surface area contributed by atoms with Crippen LogP contribution in [0.5, 0.6) is 0 Å². The summed E-state index contributed by atoms with van der Waals surface area (Å²) in [6, 6.07) is -8.21. The molecule has 0 aromatic heterocycles. The van der Waals surface area contributed by atoms with Gasteiger partial charge < -0.3 is 54.5 Å². The highest BCUT2D eigenvalue weighted by Gasteiger charge is 2.46. The molecule has 22 nitrogen and oxygen atoms in total. The van der Waals surface area contributed by atoms with E-state index in [2.05, 4.69) is 22.2 Å². The Labute approximate surface area is 582 Å². The molecule has 2 rings (SSSR count). The highest BCUT2D eigenvalue weighted by atomic mass is 32.2. The van der Waals surface area contributed by atoms with Crippen molar-refractivity contribution in [2.75, 3.05) is 94.9 Å². The maximum absolute atomic E-state index is 15.5. The number of nitrogens with zero attached hydrogens (tertiary/aromatic N) is 9. The first-order valence-corrected chi connectivity index (χ1v) is 36.7. The van der Waals surface area contributed by atoms with Crippen molar-refractivity contribution in [1.29, 1.82) is 0 Å². The van der Waals surface area contributed by atoms with E-state index >= 15 is 33.6 Å². The number of aliphatic hydroxyl groups is 1. The Morgan fingerprint density at radius 1 is 0.500 bits per heavy atom. The van der Waals surface area contributed by atoms with Gasteiger partial charge in [0.2, 0.25) is 41.4 Å². The number of likely N-dealkylation sites (N-methyl/N-ethyl adjacent to an activating group) is 8. The predicted octanol–water partition coefficient (Wildman–Crippen LogP) is 7.24. The van der Waals surface area contributed by atoms with Crippen molar-refractivity contribution >= 4 is 76.4 Å². The molecular formula is C73H130N10O12S. The number of hydrogen-bond donors (Lipinski definition) is 2. The topological polar surface area (TPSA) is 249 Å². The van der Waals surface area contributed by atoms with Crippen molar-refractivity contribution in [2.45, 2.75) is 236 Å². The molecule has 0 spiro atoms. The lowest BCUT2D eigenvalue weighted by Crippen LogP contribution is -2.61. The van der Waals surface area contributed by atoms with Crippen LogP contribution in [0.3, 0.4) is 0 Å². The summed E-state index contributed by atoms with van der Waals surface area (Å²) < 4.78 is 0. The molecule has 0 saturated carbocycles. The third-order valence-electron chi connectivity index (χ3n) is 19.7. The highest BCUT2D eigenvalue weighted by Crippen LogP contribution is 2.31. The summed E-state index contributed by atoms with van der Waals surface area (Å²) >= 11 is 1.27. The van der Waals surface area contributed by atoms with E-state index < -0.39 is 149 Å². The average Bonchev–Trinajstić information content (AvgIpc) is 0.819. The number of allylic oxidation sites excluding steroid dienone is 2. The summed E-state index contributed by atoms with van der Waals surface area (Å²) in [5.41, 5.74) is 0. The molecule has 0 unspecified atom stereocenters. The lowest BCUT2D eigenvalue weighted by atomic mass is 9.84. The van der Waals surface area contributed by atoms with Crippen molar-refractivity contribution in [3.05, 3.63) is 12.2 Å². The third kappa shape index (κ3) is 24.9. The van der Waals surface area contributed by atoms with Gasteiger partial charge in [0, 0.05) is 113 Å². The molecular weight excluding hydrogens is 1240 g/mol. The van der Waals surface area contributed by atoms with Gasteiger partial charge in [0.15, 0.2) is 22.7 Å². The summed E-state index contributed by atoms with van der Waals surface area (Å²) in [6.07, 6.45) is 3.21. The minimum Gasteiger partial charge on any atom is -0.390 e. The number of piperazine rings is 1. The van der Waals surface area contributed by atoms with Crippen LogP contribution in [0.15, 0.2) is 12.2 Å². The molecule has 2 fully saturated rings. The molecule has 0 aliphatic carbocycles. The number of rotatable bonds is 20. The quantitative estimate of drug-likeness (QED) is 0.0901. The Morgan fingerprint density at radius 2 is 0.948 bits per heavy atom. The molecule has 0 aromatic rings. The Balaban J connectivity index is 3.10. The second-order valence-corrected chi connectivity index (χ2v) is 31.6. The van der Waals surface area contributed by atoms with Gasteiger partial charge in [-0.05, 0) is 120 Å². The summed E-state index contributed by atoms with van der Waals surface area (Å²) in [7, 11) is 12.6. The fraction of sp³-hybridized carbons (Fsp3) is 0.822. The van der Waals surface area contributed by atoms with Crippen LogP contribution in [0.2, 0.25) is 0 Å². The average molecular weight is 1370 g/mol. The summed E-state index contributed by atoms with van der Waals surface area (Å²) in [6.45, 7) is 35.3. The fourth-order valence-electron chi connectivity index (χ4n) is 13.3. The van der Waals surface area contributed by atoms with Crippen molar-refractivity contribution in [1.82, 2.24) is 49.4 Å². The summed E-state index contributed by atoms with van der Waals surface area (Å²) in [5.74, 6) is -10.4. The van der Waals surface area contributed by atoms with Gasteiger partial charge in [0.1, 0.15) is 30.2 Å². The van der Waals surface area contributed by atoms with Crippen molar-refractivity contribution in [3.63, 3.8) is 0 Å². The Hall–Kier alpha value is -5.26. The molecule has 2 saturated heterocycles. The second kappa shape index (κ2) is 40.7. The van der Waals surface area contributed by atoms with E-state index in [1.807, 2.05) is 88.3 Å². The predicted molar refractivity (Wildman–Crippen MR) is 382 cm³/mol. The number of ketones is 3. The summed E-state index contributed by atoms with van der Waals surface area (Å²) in [4.78, 5) is 179. The number of carbonyl (C=O) groups is 11. The first-order valence-electron chi connectivity index (χ1n) is 35.7. The molecule has 8 amide bonds. The molecule has 550 valence electrons. The van der Waals surface area contributed by atoms with Crippen LogP contribution < -0.4 is 5.32 Å². The summed E-state index contributed by atoms with van der Waals surface area (Å²) in [5, 5.41) is 14.0. The van der Waals surface area contributed by atoms with Crippen LogP contribution >= 0.6 is 11.8 Å². The minimum atomic E-state index is -1.51. The van der Waals surface area contributed by atoms with E-state index in [9.17, 15) is 24.3 Å². The molecule has 2 N–H and O–H groups in total. The highest BCUT2D eigenvalue weighted by molar-refractivity contribution is 8.00. The zero-order chi connectivity index (χ0) is 73.7. The van der Waals surface area contributed by atoms with E-state index in [0.29, 0.717) is 18.6 Å². The van der Waals surface area contributed by atoms with E-state index in [-0.39, 0.29) is 80.2 Å². The lowest BCUT2D eigenvalue weighted by Gasteiger charge is -2.41. The van der Waals surface area contributed by atoms with Crippen LogP contribution in [0.25, 0.3) is 0 Å². The number of amides is 8. The first-order chi connectivity index (χ1) is 44.6. The molecule has 13 atom stereocenters. The van der Waals surface area contributed by atoms with Gasteiger partial charge in [-0.3, -0.25) is 52.7 Å². The van der Waals surface area contributed by atoms with Gasteiger partial charge in [-0.15, -0.1) is 11.8 Å². The van der Waals surface area contributed by atoms with Gasteiger partial charge >= 0.3 is 0 Å². The second-order valence-electron chi connectivity index (χ2n) is 30.5. The number of hydrogen-bond acceptors (Lipinski definition) is 15.